The van der Waals surface area contributed by atoms with Crippen molar-refractivity contribution in [2.45, 2.75) is 17.3 Å². The molecule has 1 aromatic heterocycles. The Bertz CT molecular complexity index is 3930. The van der Waals surface area contributed by atoms with Crippen molar-refractivity contribution in [3.05, 3.63) is 294 Å². The Morgan fingerprint density at radius 3 is 1.73 bits per heavy atom. The van der Waals surface area contributed by atoms with E-state index in [0.717, 1.165) is 57.2 Å². The van der Waals surface area contributed by atoms with Crippen LogP contribution in [0.2, 0.25) is 0 Å². The average molecular weight is 924 g/mol. The Morgan fingerprint density at radius 1 is 0.451 bits per heavy atom. The van der Waals surface area contributed by atoms with Gasteiger partial charge in [-0.05, 0) is 117 Å². The van der Waals surface area contributed by atoms with E-state index in [1.54, 1.807) is 0 Å². The van der Waals surface area contributed by atoms with Crippen LogP contribution < -0.4 is 9.64 Å². The molecule has 4 aliphatic rings. The number of ether oxygens (including phenoxy) is 1. The van der Waals surface area contributed by atoms with E-state index < -0.39 is 5.41 Å². The molecule has 0 amide bonds. The summed E-state index contributed by atoms with van der Waals surface area (Å²) in [6.07, 6.45) is 10.2. The summed E-state index contributed by atoms with van der Waals surface area (Å²) >= 11 is 1.86. The van der Waals surface area contributed by atoms with Gasteiger partial charge in [0, 0.05) is 48.2 Å². The number of nitrogens with zero attached hydrogens (tertiary/aromatic N) is 1. The maximum atomic E-state index is 7.31. The molecule has 15 rings (SSSR count). The van der Waals surface area contributed by atoms with Gasteiger partial charge in [0.2, 0.25) is 0 Å². The van der Waals surface area contributed by atoms with Crippen molar-refractivity contribution < 1.29 is 4.74 Å². The Hall–Kier alpha value is -8.50. The molecule has 0 saturated carbocycles. The van der Waals surface area contributed by atoms with E-state index in [1.807, 2.05) is 11.3 Å². The van der Waals surface area contributed by atoms with E-state index in [-0.39, 0.29) is 11.3 Å². The largest absolute Gasteiger partial charge is 0.456 e. The average Bonchev–Trinajstić information content (AvgIpc) is 4.08. The topological polar surface area (TPSA) is 12.5 Å². The highest BCUT2D eigenvalue weighted by atomic mass is 32.1. The minimum atomic E-state index is -0.662. The third-order valence-electron chi connectivity index (χ3n) is 16.0. The van der Waals surface area contributed by atoms with E-state index in [2.05, 4.69) is 260 Å². The van der Waals surface area contributed by atoms with Crippen LogP contribution in [0.5, 0.6) is 11.5 Å². The maximum absolute atomic E-state index is 7.31. The number of hydrogen-bond acceptors (Lipinski definition) is 3. The van der Waals surface area contributed by atoms with Crippen LogP contribution in [0.4, 0.5) is 17.1 Å². The quantitative estimate of drug-likeness (QED) is 0.165. The number of rotatable bonds is 6. The van der Waals surface area contributed by atoms with Gasteiger partial charge in [-0.25, -0.2) is 0 Å². The maximum Gasteiger partial charge on any atom is 0.140 e. The van der Waals surface area contributed by atoms with Crippen LogP contribution in [-0.2, 0) is 10.8 Å². The summed E-state index contributed by atoms with van der Waals surface area (Å²) in [4.78, 5) is 2.53. The van der Waals surface area contributed by atoms with Gasteiger partial charge in [-0.3, -0.25) is 0 Å². The van der Waals surface area contributed by atoms with Gasteiger partial charge in [-0.1, -0.05) is 206 Å². The molecule has 0 bridgehead atoms. The molecule has 334 valence electrons. The number of para-hydroxylation sites is 1. The molecule has 11 aromatic rings. The van der Waals surface area contributed by atoms with Crippen molar-refractivity contribution in [2.24, 2.45) is 5.92 Å². The Morgan fingerprint density at radius 2 is 1.04 bits per heavy atom. The molecule has 0 saturated heterocycles. The van der Waals surface area contributed by atoms with Crippen molar-refractivity contribution in [1.82, 2.24) is 0 Å². The third kappa shape index (κ3) is 5.58. The zero-order chi connectivity index (χ0) is 46.7. The lowest BCUT2D eigenvalue weighted by Crippen LogP contribution is -2.35. The highest BCUT2D eigenvalue weighted by molar-refractivity contribution is 7.26. The van der Waals surface area contributed by atoms with Gasteiger partial charge >= 0.3 is 0 Å². The molecule has 0 N–H and O–H groups in total. The molecule has 0 fully saturated rings. The standard InChI is InChI=1S/C68H45NOS/c1-3-20-44(21-4-1)54-42-48(43-60-66(54)70-62-35-17-16-33-59(62)68(60)57-31-14-9-26-51(57)52-27-10-15-32-58(52)68)69(61-34-19-37-64-65(61)53-28-11-18-36-63(53)71-64)47-40-38-46(39-41-47)67(45-22-5-2-6-23-45)55-29-12-7-24-49(55)50-25-8-13-30-56(50)67/h1-22,24-43,45H,23H2. The summed E-state index contributed by atoms with van der Waals surface area (Å²) in [7, 11) is 0. The van der Waals surface area contributed by atoms with Crippen molar-refractivity contribution in [2.75, 3.05) is 4.90 Å². The minimum Gasteiger partial charge on any atom is -0.456 e. The van der Waals surface area contributed by atoms with Crippen LogP contribution in [0.15, 0.2) is 255 Å². The molecule has 1 unspecified atom stereocenters. The first kappa shape index (κ1) is 40.4. The summed E-state index contributed by atoms with van der Waals surface area (Å²) in [5, 5.41) is 2.51. The molecule has 10 aromatic carbocycles. The normalized spacial score (nSPS) is 15.9. The van der Waals surface area contributed by atoms with Crippen LogP contribution in [0.3, 0.4) is 0 Å². The Kier molecular flexibility index (Phi) is 8.82. The smallest absolute Gasteiger partial charge is 0.140 e. The van der Waals surface area contributed by atoms with Crippen LogP contribution in [0, 0.1) is 5.92 Å². The third-order valence-corrected chi connectivity index (χ3v) is 17.1. The zero-order valence-corrected chi connectivity index (χ0v) is 39.6. The van der Waals surface area contributed by atoms with Crippen molar-refractivity contribution in [1.29, 1.82) is 0 Å². The van der Waals surface area contributed by atoms with E-state index >= 15 is 0 Å². The van der Waals surface area contributed by atoms with E-state index in [0.29, 0.717) is 0 Å². The molecule has 71 heavy (non-hydrogen) atoms. The number of benzene rings is 10. The second-order valence-electron chi connectivity index (χ2n) is 19.4. The van der Waals surface area contributed by atoms with Gasteiger partial charge in [-0.15, -0.1) is 11.3 Å². The highest BCUT2D eigenvalue weighted by Gasteiger charge is 2.52. The molecular formula is C68H45NOS. The fourth-order valence-corrected chi connectivity index (χ4v) is 14.4. The van der Waals surface area contributed by atoms with Gasteiger partial charge in [0.25, 0.3) is 0 Å². The van der Waals surface area contributed by atoms with Crippen molar-refractivity contribution in [3.8, 4) is 44.9 Å². The predicted molar refractivity (Wildman–Crippen MR) is 295 cm³/mol. The molecule has 3 heteroatoms. The van der Waals surface area contributed by atoms with Crippen molar-refractivity contribution >= 4 is 48.6 Å². The monoisotopic (exact) mass is 923 g/mol. The van der Waals surface area contributed by atoms with Gasteiger partial charge in [0.05, 0.1) is 16.5 Å². The molecule has 2 heterocycles. The van der Waals surface area contributed by atoms with E-state index in [4.69, 9.17) is 4.74 Å². The number of hydrogen-bond donors (Lipinski definition) is 0. The fourth-order valence-electron chi connectivity index (χ4n) is 13.2. The first-order valence-electron chi connectivity index (χ1n) is 24.8. The molecule has 1 aliphatic heterocycles. The van der Waals surface area contributed by atoms with Crippen LogP contribution >= 0.6 is 11.3 Å². The lowest BCUT2D eigenvalue weighted by molar-refractivity contribution is 0.438. The summed E-state index contributed by atoms with van der Waals surface area (Å²) in [5.74, 6) is 2.00. The lowest BCUT2D eigenvalue weighted by atomic mass is 9.62. The number of fused-ring (bicyclic) bond motifs is 15. The van der Waals surface area contributed by atoms with Crippen LogP contribution in [0.25, 0.3) is 53.6 Å². The van der Waals surface area contributed by atoms with Gasteiger partial charge in [-0.2, -0.15) is 0 Å². The van der Waals surface area contributed by atoms with Gasteiger partial charge in [0.15, 0.2) is 0 Å². The van der Waals surface area contributed by atoms with Gasteiger partial charge in [0.1, 0.15) is 11.5 Å². The van der Waals surface area contributed by atoms with Crippen molar-refractivity contribution in [3.63, 3.8) is 0 Å². The summed E-state index contributed by atoms with van der Waals surface area (Å²) < 4.78 is 9.85. The Labute approximate surface area is 417 Å². The summed E-state index contributed by atoms with van der Waals surface area (Å²) in [5.41, 5.74) is 18.4. The number of allylic oxidation sites excluding steroid dienone is 4. The summed E-state index contributed by atoms with van der Waals surface area (Å²) in [6, 6.07) is 86.0. The lowest BCUT2D eigenvalue weighted by Gasteiger charge is -2.41. The predicted octanol–water partition coefficient (Wildman–Crippen LogP) is 18.1. The molecule has 1 atom stereocenters. The second-order valence-corrected chi connectivity index (χ2v) is 20.4. The van der Waals surface area contributed by atoms with E-state index in [1.165, 1.54) is 70.2 Å². The molecule has 1 spiro atoms. The zero-order valence-electron chi connectivity index (χ0n) is 38.8. The number of thiophene rings is 1. The molecule has 2 nitrogen and oxygen atoms in total. The molecule has 0 radical (unpaired) electrons. The van der Waals surface area contributed by atoms with E-state index in [9.17, 15) is 0 Å². The Balaban J connectivity index is 1.03. The second kappa shape index (κ2) is 15.5. The highest BCUT2D eigenvalue weighted by Crippen LogP contribution is 2.65. The summed E-state index contributed by atoms with van der Waals surface area (Å²) in [6.45, 7) is 0. The first-order chi connectivity index (χ1) is 35.2. The first-order valence-corrected chi connectivity index (χ1v) is 25.6. The number of anilines is 3. The van der Waals surface area contributed by atoms with Crippen LogP contribution in [-0.4, -0.2) is 0 Å². The SMILES string of the molecule is C1=CCC(C2(c3ccc(N(c4cc(-c5ccccc5)c5c(c4)C4(c6ccccc6O5)c5ccccc5-c5ccccc54)c4cccc5sc6ccccc6c45)cc3)c3ccccc3-c3ccccc32)C=C1. The van der Waals surface area contributed by atoms with Crippen LogP contribution in [0.1, 0.15) is 45.4 Å². The molecule has 3 aliphatic carbocycles. The molecular weight excluding hydrogens is 879 g/mol. The van der Waals surface area contributed by atoms with Gasteiger partial charge < -0.3 is 9.64 Å². The minimum absolute atomic E-state index is 0.232. The fraction of sp³-hybridized carbons (Fsp3) is 0.0588.